The van der Waals surface area contributed by atoms with Crippen molar-refractivity contribution in [2.24, 2.45) is 22.7 Å². The maximum atomic E-state index is 17.2. The van der Waals surface area contributed by atoms with Gasteiger partial charge in [-0.05, 0) is 55.9 Å². The molecule has 11 nitrogen and oxygen atoms in total. The Kier molecular flexibility index (Phi) is 7.14. The first-order chi connectivity index (χ1) is 19.6. The van der Waals surface area contributed by atoms with Crippen LogP contribution in [-0.2, 0) is 25.7 Å². The van der Waals surface area contributed by atoms with Crippen LogP contribution in [0.2, 0.25) is 0 Å². The molecule has 3 fully saturated rings. The number of hydrogen-bond donors (Lipinski definition) is 3. The Hall–Kier alpha value is -3.55. The first-order valence-corrected chi connectivity index (χ1v) is 13.5. The van der Waals surface area contributed by atoms with E-state index in [2.05, 4.69) is 0 Å². The number of halogens is 2. The lowest BCUT2D eigenvalue weighted by Gasteiger charge is -2.62. The molecule has 0 spiro atoms. The van der Waals surface area contributed by atoms with Crippen molar-refractivity contribution in [1.29, 1.82) is 0 Å². The summed E-state index contributed by atoms with van der Waals surface area (Å²) in [7, 11) is 0. The van der Waals surface area contributed by atoms with E-state index in [0.29, 0.717) is 0 Å². The Balaban J connectivity index is 1.35. The third kappa shape index (κ3) is 4.04. The van der Waals surface area contributed by atoms with Crippen LogP contribution in [0.1, 0.15) is 38.7 Å². The molecule has 42 heavy (non-hydrogen) atoms. The number of aliphatic hydroxyl groups excluding tert-OH is 2. The normalized spacial score (nSPS) is 40.3. The van der Waals surface area contributed by atoms with Crippen molar-refractivity contribution >= 4 is 23.4 Å². The van der Waals surface area contributed by atoms with Crippen molar-refractivity contribution in [3.8, 4) is 0 Å². The summed E-state index contributed by atoms with van der Waals surface area (Å²) in [5.41, 5.74) is -8.72. The standard InChI is InChI=1S/C29H31F2NO10/c1-26-8-7-16(33)9-19(26)20(30)10-18-17-11-22(34)29(38,27(17,2)12-23(35)28(18,26)31)24(36)14-42-25(37)41-13-15-5-3-4-6-21(15)32(39)40/h3-9,17-18,20,22-23,34-35,38H,10-14H2,1-2H3/t17-,18-,20?,22?,23?,26-,27-,28-,29-/m0/s1. The molecular formula is C29H31F2NO10. The zero-order valence-corrected chi connectivity index (χ0v) is 22.9. The summed E-state index contributed by atoms with van der Waals surface area (Å²) in [6.45, 7) is 1.21. The lowest BCUT2D eigenvalue weighted by Crippen LogP contribution is -2.71. The summed E-state index contributed by atoms with van der Waals surface area (Å²) in [5, 5.41) is 45.1. The van der Waals surface area contributed by atoms with Gasteiger partial charge in [-0.1, -0.05) is 25.1 Å². The highest BCUT2D eigenvalue weighted by Gasteiger charge is 2.77. The van der Waals surface area contributed by atoms with Crippen molar-refractivity contribution in [2.45, 2.75) is 69.4 Å². The van der Waals surface area contributed by atoms with Gasteiger partial charge in [0, 0.05) is 22.8 Å². The molecule has 0 amide bonds. The van der Waals surface area contributed by atoms with Crippen LogP contribution in [0.15, 0.2) is 48.1 Å². The second-order valence-corrected chi connectivity index (χ2v) is 12.0. The number of fused-ring (bicyclic) bond motifs is 5. The molecule has 3 saturated carbocycles. The van der Waals surface area contributed by atoms with E-state index in [1.54, 1.807) is 0 Å². The van der Waals surface area contributed by atoms with Crippen molar-refractivity contribution in [1.82, 2.24) is 0 Å². The van der Waals surface area contributed by atoms with Crippen molar-refractivity contribution in [3.63, 3.8) is 0 Å². The molecule has 5 rings (SSSR count). The maximum absolute atomic E-state index is 17.2. The molecule has 0 radical (unpaired) electrons. The van der Waals surface area contributed by atoms with E-state index in [-0.39, 0.29) is 23.2 Å². The van der Waals surface area contributed by atoms with Gasteiger partial charge in [-0.2, -0.15) is 0 Å². The highest BCUT2D eigenvalue weighted by molar-refractivity contribution is 6.01. The number of hydrogen-bond acceptors (Lipinski definition) is 10. The predicted octanol–water partition coefficient (Wildman–Crippen LogP) is 2.84. The summed E-state index contributed by atoms with van der Waals surface area (Å²) >= 11 is 0. The van der Waals surface area contributed by atoms with Crippen LogP contribution in [0.25, 0.3) is 0 Å². The number of carbonyl (C=O) groups excluding carboxylic acids is 3. The van der Waals surface area contributed by atoms with E-state index < -0.39 is 101 Å². The van der Waals surface area contributed by atoms with Gasteiger partial charge in [0.25, 0.3) is 5.69 Å². The van der Waals surface area contributed by atoms with Crippen LogP contribution < -0.4 is 0 Å². The fraction of sp³-hybridized carbons (Fsp3) is 0.552. The number of nitro benzene ring substituents is 1. The Morgan fingerprint density at radius 2 is 1.81 bits per heavy atom. The Morgan fingerprint density at radius 3 is 2.50 bits per heavy atom. The number of para-hydroxylation sites is 1. The topological polar surface area (TPSA) is 174 Å². The average molecular weight is 592 g/mol. The van der Waals surface area contributed by atoms with E-state index in [1.165, 1.54) is 44.2 Å². The summed E-state index contributed by atoms with van der Waals surface area (Å²) in [6, 6.07) is 5.50. The molecule has 226 valence electrons. The smallest absolute Gasteiger partial charge is 0.429 e. The van der Waals surface area contributed by atoms with Crippen molar-refractivity contribution in [3.05, 3.63) is 63.7 Å². The van der Waals surface area contributed by atoms with Gasteiger partial charge < -0.3 is 24.8 Å². The quantitative estimate of drug-likeness (QED) is 0.254. The molecule has 0 bridgehead atoms. The molecule has 13 heteroatoms. The third-order valence-corrected chi connectivity index (χ3v) is 10.1. The summed E-state index contributed by atoms with van der Waals surface area (Å²) in [5.74, 6) is -3.85. The Bertz CT molecular complexity index is 1410. The number of nitrogens with zero attached hydrogens (tertiary/aromatic N) is 1. The molecule has 0 saturated heterocycles. The minimum atomic E-state index is -2.60. The van der Waals surface area contributed by atoms with Gasteiger partial charge in [-0.25, -0.2) is 13.6 Å². The van der Waals surface area contributed by atoms with Crippen LogP contribution in [0.4, 0.5) is 19.3 Å². The number of ether oxygens (including phenoxy) is 2. The number of rotatable bonds is 6. The predicted molar refractivity (Wildman–Crippen MR) is 139 cm³/mol. The number of nitro groups is 1. The van der Waals surface area contributed by atoms with E-state index in [4.69, 9.17) is 9.47 Å². The molecule has 0 aliphatic heterocycles. The van der Waals surface area contributed by atoms with E-state index in [0.717, 1.165) is 12.2 Å². The van der Waals surface area contributed by atoms with Gasteiger partial charge in [0.05, 0.1) is 22.7 Å². The SMILES string of the molecule is C[C@]12C=CC(=O)C=C1C(F)C[C@H]1[C@@H]3CC(O)[C@](O)(C(=O)COC(=O)OCc4ccccc4[N+](=O)[O-])[C@@]3(C)CC(O)[C@@]12F. The number of ketones is 2. The number of alkyl halides is 2. The highest BCUT2D eigenvalue weighted by Crippen LogP contribution is 2.70. The number of allylic oxidation sites excluding steroid dienone is 4. The van der Waals surface area contributed by atoms with Gasteiger partial charge in [0.1, 0.15) is 12.8 Å². The molecular weight excluding hydrogens is 560 g/mol. The van der Waals surface area contributed by atoms with Gasteiger partial charge in [0.15, 0.2) is 23.7 Å². The Morgan fingerprint density at radius 1 is 1.12 bits per heavy atom. The van der Waals surface area contributed by atoms with E-state index in [9.17, 15) is 39.8 Å². The number of benzene rings is 1. The second kappa shape index (κ2) is 10.0. The van der Waals surface area contributed by atoms with Gasteiger partial charge in [0.2, 0.25) is 5.78 Å². The summed E-state index contributed by atoms with van der Waals surface area (Å²) < 4.78 is 42.4. The minimum absolute atomic E-state index is 0.0689. The van der Waals surface area contributed by atoms with Gasteiger partial charge in [-0.3, -0.25) is 19.7 Å². The van der Waals surface area contributed by atoms with Gasteiger partial charge in [-0.15, -0.1) is 0 Å². The fourth-order valence-electron chi connectivity index (χ4n) is 7.95. The molecule has 3 unspecified atom stereocenters. The first-order valence-electron chi connectivity index (χ1n) is 13.5. The molecule has 0 aromatic heterocycles. The summed E-state index contributed by atoms with van der Waals surface area (Å²) in [4.78, 5) is 48.0. The molecule has 3 N–H and O–H groups in total. The monoisotopic (exact) mass is 591 g/mol. The zero-order chi connectivity index (χ0) is 30.8. The maximum Gasteiger partial charge on any atom is 0.509 e. The average Bonchev–Trinajstić information content (AvgIpc) is 3.14. The Labute approximate surface area is 239 Å². The first kappa shape index (κ1) is 29.9. The molecule has 9 atom stereocenters. The highest BCUT2D eigenvalue weighted by atomic mass is 19.1. The largest absolute Gasteiger partial charge is 0.509 e. The molecule has 4 aliphatic carbocycles. The van der Waals surface area contributed by atoms with Crippen LogP contribution in [-0.4, -0.2) is 74.2 Å². The molecule has 0 heterocycles. The van der Waals surface area contributed by atoms with E-state index >= 15 is 8.78 Å². The number of aliphatic hydroxyl groups is 3. The van der Waals surface area contributed by atoms with Crippen molar-refractivity contribution < 1.29 is 52.9 Å². The van der Waals surface area contributed by atoms with Gasteiger partial charge >= 0.3 is 6.16 Å². The lowest BCUT2D eigenvalue weighted by atomic mass is 9.44. The number of Topliss-reactive ketones (excluding diaryl/α,β-unsaturated/α-hetero) is 1. The second-order valence-electron chi connectivity index (χ2n) is 12.0. The van der Waals surface area contributed by atoms with Crippen LogP contribution >= 0.6 is 0 Å². The third-order valence-electron chi connectivity index (χ3n) is 10.1. The lowest BCUT2D eigenvalue weighted by molar-refractivity contribution is -0.385. The minimum Gasteiger partial charge on any atom is -0.429 e. The number of carbonyl (C=O) groups is 3. The molecule has 4 aliphatic rings. The zero-order valence-electron chi connectivity index (χ0n) is 22.9. The van der Waals surface area contributed by atoms with Crippen LogP contribution in [0, 0.1) is 32.8 Å². The van der Waals surface area contributed by atoms with Crippen LogP contribution in [0.3, 0.4) is 0 Å². The summed E-state index contributed by atoms with van der Waals surface area (Å²) in [6.07, 6.45) is -4.51. The van der Waals surface area contributed by atoms with Crippen LogP contribution in [0.5, 0.6) is 0 Å². The van der Waals surface area contributed by atoms with Crippen molar-refractivity contribution in [2.75, 3.05) is 6.61 Å². The van der Waals surface area contributed by atoms with E-state index in [1.807, 2.05) is 0 Å². The molecule has 1 aromatic carbocycles. The molecule has 1 aromatic rings. The fourth-order valence-corrected chi connectivity index (χ4v) is 7.95.